The van der Waals surface area contributed by atoms with Crippen molar-refractivity contribution in [2.45, 2.75) is 13.8 Å². The molecule has 0 N–H and O–H groups in total. The Balaban J connectivity index is 2.10. The SMILES string of the molecule is Cc1cccc2c1nc(C)c1c(-c3ccccc3)c3cc(Cl)ccc3nc12. The van der Waals surface area contributed by atoms with Gasteiger partial charge in [-0.1, -0.05) is 60.1 Å². The zero-order chi connectivity index (χ0) is 18.5. The maximum atomic E-state index is 6.34. The second-order valence-corrected chi connectivity index (χ2v) is 7.34. The van der Waals surface area contributed by atoms with Crippen LogP contribution in [0, 0.1) is 13.8 Å². The molecule has 2 nitrogen and oxygen atoms in total. The van der Waals surface area contributed by atoms with Crippen molar-refractivity contribution in [2.24, 2.45) is 0 Å². The number of fused-ring (bicyclic) bond motifs is 4. The highest BCUT2D eigenvalue weighted by molar-refractivity contribution is 6.32. The van der Waals surface area contributed by atoms with E-state index in [4.69, 9.17) is 21.6 Å². The monoisotopic (exact) mass is 368 g/mol. The van der Waals surface area contributed by atoms with Crippen LogP contribution in [0.3, 0.4) is 0 Å². The lowest BCUT2D eigenvalue weighted by atomic mass is 9.94. The fourth-order valence-corrected chi connectivity index (χ4v) is 4.08. The number of hydrogen-bond acceptors (Lipinski definition) is 2. The van der Waals surface area contributed by atoms with E-state index in [0.29, 0.717) is 5.02 Å². The van der Waals surface area contributed by atoms with Crippen LogP contribution in [0.15, 0.2) is 66.7 Å². The van der Waals surface area contributed by atoms with Crippen molar-refractivity contribution in [3.8, 4) is 11.1 Å². The van der Waals surface area contributed by atoms with Gasteiger partial charge in [0.1, 0.15) is 0 Å². The van der Waals surface area contributed by atoms with Crippen LogP contribution < -0.4 is 0 Å². The maximum Gasteiger partial charge on any atom is 0.0828 e. The van der Waals surface area contributed by atoms with Crippen molar-refractivity contribution in [3.63, 3.8) is 0 Å². The minimum Gasteiger partial charge on any atom is -0.252 e. The first-order chi connectivity index (χ1) is 13.1. The van der Waals surface area contributed by atoms with Crippen molar-refractivity contribution in [3.05, 3.63) is 83.0 Å². The highest BCUT2D eigenvalue weighted by Gasteiger charge is 2.17. The van der Waals surface area contributed by atoms with Crippen LogP contribution in [-0.4, -0.2) is 9.97 Å². The van der Waals surface area contributed by atoms with Crippen molar-refractivity contribution in [1.82, 2.24) is 9.97 Å². The zero-order valence-corrected chi connectivity index (χ0v) is 15.9. The number of nitrogens with zero attached hydrogens (tertiary/aromatic N) is 2. The van der Waals surface area contributed by atoms with Gasteiger partial charge in [-0.25, -0.2) is 4.98 Å². The summed E-state index contributed by atoms with van der Waals surface area (Å²) in [6, 6.07) is 22.6. The molecule has 5 rings (SSSR count). The summed E-state index contributed by atoms with van der Waals surface area (Å²) in [5.74, 6) is 0. The van der Waals surface area contributed by atoms with E-state index < -0.39 is 0 Å². The van der Waals surface area contributed by atoms with Gasteiger partial charge in [-0.05, 0) is 43.2 Å². The molecule has 0 atom stereocenters. The third-order valence-corrected chi connectivity index (χ3v) is 5.38. The molecule has 0 aliphatic heterocycles. The van der Waals surface area contributed by atoms with Crippen LogP contribution in [0.2, 0.25) is 5.02 Å². The van der Waals surface area contributed by atoms with E-state index in [-0.39, 0.29) is 0 Å². The number of aromatic nitrogens is 2. The van der Waals surface area contributed by atoms with Crippen LogP contribution >= 0.6 is 11.6 Å². The summed E-state index contributed by atoms with van der Waals surface area (Å²) in [5, 5.41) is 3.94. The largest absolute Gasteiger partial charge is 0.252 e. The highest BCUT2D eigenvalue weighted by atomic mass is 35.5. The molecule has 0 aliphatic rings. The van der Waals surface area contributed by atoms with E-state index in [1.165, 1.54) is 0 Å². The van der Waals surface area contributed by atoms with Crippen LogP contribution in [-0.2, 0) is 0 Å². The molecule has 0 unspecified atom stereocenters. The Bertz CT molecular complexity index is 1340. The molecule has 2 heterocycles. The fourth-order valence-electron chi connectivity index (χ4n) is 3.91. The molecule has 0 amide bonds. The Kier molecular flexibility index (Phi) is 3.63. The number of aryl methyl sites for hydroxylation is 2. The highest BCUT2D eigenvalue weighted by Crippen LogP contribution is 2.39. The molecule has 0 bridgehead atoms. The number of para-hydroxylation sites is 1. The molecule has 27 heavy (non-hydrogen) atoms. The summed E-state index contributed by atoms with van der Waals surface area (Å²) >= 11 is 6.34. The lowest BCUT2D eigenvalue weighted by molar-refractivity contribution is 1.27. The van der Waals surface area contributed by atoms with Crippen molar-refractivity contribution in [1.29, 1.82) is 0 Å². The molecule has 0 spiro atoms. The van der Waals surface area contributed by atoms with Crippen LogP contribution in [0.5, 0.6) is 0 Å². The third kappa shape index (κ3) is 2.48. The van der Waals surface area contributed by atoms with Crippen molar-refractivity contribution < 1.29 is 0 Å². The van der Waals surface area contributed by atoms with Gasteiger partial charge in [0.05, 0.1) is 16.6 Å². The molecule has 0 aliphatic carbocycles. The number of halogens is 1. The molecular weight excluding hydrogens is 352 g/mol. The van der Waals surface area contributed by atoms with Gasteiger partial charge in [-0.3, -0.25) is 4.98 Å². The Hall–Kier alpha value is -2.97. The summed E-state index contributed by atoms with van der Waals surface area (Å²) in [7, 11) is 0. The first-order valence-electron chi connectivity index (χ1n) is 8.98. The lowest BCUT2D eigenvalue weighted by Crippen LogP contribution is -1.96. The van der Waals surface area contributed by atoms with Gasteiger partial charge in [0.2, 0.25) is 0 Å². The topological polar surface area (TPSA) is 25.8 Å². The van der Waals surface area contributed by atoms with Crippen molar-refractivity contribution >= 4 is 44.3 Å². The average Bonchev–Trinajstić information content (AvgIpc) is 2.68. The molecular formula is C24H17ClN2. The molecule has 0 saturated heterocycles. The summed E-state index contributed by atoms with van der Waals surface area (Å²) in [5.41, 5.74) is 7.40. The van der Waals surface area contributed by atoms with Gasteiger partial charge < -0.3 is 0 Å². The summed E-state index contributed by atoms with van der Waals surface area (Å²) in [6.07, 6.45) is 0. The van der Waals surface area contributed by atoms with Crippen molar-refractivity contribution in [2.75, 3.05) is 0 Å². The Morgan fingerprint density at radius 2 is 1.56 bits per heavy atom. The molecule has 3 aromatic carbocycles. The molecule has 2 aromatic heterocycles. The third-order valence-electron chi connectivity index (χ3n) is 5.14. The zero-order valence-electron chi connectivity index (χ0n) is 15.1. The minimum atomic E-state index is 0.711. The molecule has 5 aromatic rings. The predicted octanol–water partition coefficient (Wildman–Crippen LogP) is 6.87. The second kappa shape index (κ2) is 6.04. The average molecular weight is 369 g/mol. The fraction of sp³-hybridized carbons (Fsp3) is 0.0833. The molecule has 0 radical (unpaired) electrons. The minimum absolute atomic E-state index is 0.711. The van der Waals surface area contributed by atoms with Crippen LogP contribution in [0.1, 0.15) is 11.3 Å². The van der Waals surface area contributed by atoms with E-state index >= 15 is 0 Å². The summed E-state index contributed by atoms with van der Waals surface area (Å²) < 4.78 is 0. The maximum absolute atomic E-state index is 6.34. The number of hydrogen-bond donors (Lipinski definition) is 0. The Labute approximate surface area is 162 Å². The molecule has 0 saturated carbocycles. The quantitative estimate of drug-likeness (QED) is 0.238. The molecule has 3 heteroatoms. The summed E-state index contributed by atoms with van der Waals surface area (Å²) in [6.45, 7) is 4.16. The first kappa shape index (κ1) is 16.2. The van der Waals surface area contributed by atoms with E-state index in [2.05, 4.69) is 56.3 Å². The van der Waals surface area contributed by atoms with E-state index in [9.17, 15) is 0 Å². The predicted molar refractivity (Wildman–Crippen MR) is 114 cm³/mol. The van der Waals surface area contributed by atoms with E-state index in [1.54, 1.807) is 0 Å². The van der Waals surface area contributed by atoms with Gasteiger partial charge in [0.25, 0.3) is 0 Å². The first-order valence-corrected chi connectivity index (χ1v) is 9.35. The van der Waals surface area contributed by atoms with Crippen LogP contribution in [0.25, 0.3) is 43.8 Å². The number of rotatable bonds is 1. The molecule has 0 fully saturated rings. The lowest BCUT2D eigenvalue weighted by Gasteiger charge is -2.15. The normalized spacial score (nSPS) is 11.5. The number of benzene rings is 3. The Morgan fingerprint density at radius 1 is 0.741 bits per heavy atom. The molecule has 130 valence electrons. The van der Waals surface area contributed by atoms with Gasteiger partial charge in [-0.15, -0.1) is 0 Å². The van der Waals surface area contributed by atoms with Gasteiger partial charge in [0.15, 0.2) is 0 Å². The smallest absolute Gasteiger partial charge is 0.0828 e. The van der Waals surface area contributed by atoms with Gasteiger partial charge in [-0.2, -0.15) is 0 Å². The van der Waals surface area contributed by atoms with Crippen LogP contribution in [0.4, 0.5) is 0 Å². The van der Waals surface area contributed by atoms with Gasteiger partial charge in [0, 0.05) is 32.4 Å². The van der Waals surface area contributed by atoms with E-state index in [0.717, 1.165) is 55.1 Å². The second-order valence-electron chi connectivity index (χ2n) is 6.91. The summed E-state index contributed by atoms with van der Waals surface area (Å²) in [4.78, 5) is 9.98. The Morgan fingerprint density at radius 3 is 2.37 bits per heavy atom. The standard InChI is InChI=1S/C24H17ClN2/c1-14-7-6-10-18-23(14)26-15(2)21-22(16-8-4-3-5-9-16)19-13-17(25)11-12-20(19)27-24(18)21/h3-13H,1-2H3. The number of pyridine rings is 2. The van der Waals surface area contributed by atoms with E-state index in [1.807, 2.05) is 24.3 Å². The van der Waals surface area contributed by atoms with Gasteiger partial charge >= 0.3 is 0 Å².